The van der Waals surface area contributed by atoms with E-state index < -0.39 is 0 Å². The van der Waals surface area contributed by atoms with Gasteiger partial charge in [-0.25, -0.2) is 4.98 Å². The molecule has 1 N–H and O–H groups in total. The minimum atomic E-state index is 0.729. The molecule has 0 spiro atoms. The van der Waals surface area contributed by atoms with Crippen LogP contribution in [0, 0.1) is 0 Å². The molecule has 0 saturated carbocycles. The maximum absolute atomic E-state index is 4.34. The molecule has 0 unspecified atom stereocenters. The van der Waals surface area contributed by atoms with Gasteiger partial charge in [0, 0.05) is 37.0 Å². The summed E-state index contributed by atoms with van der Waals surface area (Å²) in [5, 5.41) is 3.33. The van der Waals surface area contributed by atoms with Crippen LogP contribution in [-0.4, -0.2) is 14.5 Å². The molecule has 4 nitrogen and oxygen atoms in total. The molecule has 3 aromatic rings. The summed E-state index contributed by atoms with van der Waals surface area (Å²) in [6.45, 7) is 0.729. The average Bonchev–Trinajstić information content (AvgIpc) is 2.95. The van der Waals surface area contributed by atoms with E-state index in [2.05, 4.69) is 27.4 Å². The normalized spacial score (nSPS) is 10.3. The van der Waals surface area contributed by atoms with E-state index >= 15 is 0 Å². The second-order valence-corrected chi connectivity index (χ2v) is 4.17. The molecule has 0 aliphatic heterocycles. The SMILES string of the molecule is c1ccc(-n2ccnc2NCc2ccncc2)cc1. The van der Waals surface area contributed by atoms with Crippen molar-refractivity contribution in [1.82, 2.24) is 14.5 Å². The van der Waals surface area contributed by atoms with Crippen LogP contribution in [0.4, 0.5) is 5.95 Å². The molecule has 0 aliphatic rings. The van der Waals surface area contributed by atoms with Gasteiger partial charge < -0.3 is 5.32 Å². The van der Waals surface area contributed by atoms with Crippen LogP contribution in [0.1, 0.15) is 5.56 Å². The summed E-state index contributed by atoms with van der Waals surface area (Å²) in [4.78, 5) is 8.35. The number of aromatic nitrogens is 3. The van der Waals surface area contributed by atoms with E-state index in [1.54, 1.807) is 18.6 Å². The molecule has 0 amide bonds. The van der Waals surface area contributed by atoms with E-state index in [0.717, 1.165) is 18.2 Å². The van der Waals surface area contributed by atoms with Crippen LogP contribution in [0.15, 0.2) is 67.3 Å². The third-order valence-corrected chi connectivity index (χ3v) is 2.88. The number of nitrogens with zero attached hydrogens (tertiary/aromatic N) is 3. The molecule has 0 bridgehead atoms. The van der Waals surface area contributed by atoms with Crippen LogP contribution >= 0.6 is 0 Å². The number of anilines is 1. The van der Waals surface area contributed by atoms with E-state index in [4.69, 9.17) is 0 Å². The third-order valence-electron chi connectivity index (χ3n) is 2.88. The van der Waals surface area contributed by atoms with Gasteiger partial charge in [0.25, 0.3) is 0 Å². The van der Waals surface area contributed by atoms with Crippen LogP contribution in [0.3, 0.4) is 0 Å². The zero-order chi connectivity index (χ0) is 12.9. The predicted molar refractivity (Wildman–Crippen MR) is 75.1 cm³/mol. The molecule has 0 saturated heterocycles. The highest BCUT2D eigenvalue weighted by molar-refractivity contribution is 5.41. The molecule has 1 aromatic carbocycles. The van der Waals surface area contributed by atoms with E-state index in [1.165, 1.54) is 5.56 Å². The molecule has 3 rings (SSSR count). The summed E-state index contributed by atoms with van der Waals surface area (Å²) in [7, 11) is 0. The Morgan fingerprint density at radius 2 is 1.74 bits per heavy atom. The van der Waals surface area contributed by atoms with E-state index in [9.17, 15) is 0 Å². The van der Waals surface area contributed by atoms with E-state index in [0.29, 0.717) is 0 Å². The number of rotatable bonds is 4. The molecule has 0 aliphatic carbocycles. The van der Waals surface area contributed by atoms with Crippen molar-refractivity contribution in [3.8, 4) is 5.69 Å². The van der Waals surface area contributed by atoms with Gasteiger partial charge >= 0.3 is 0 Å². The summed E-state index contributed by atoms with van der Waals surface area (Å²) in [6.07, 6.45) is 7.33. The highest BCUT2D eigenvalue weighted by Crippen LogP contribution is 2.14. The quantitative estimate of drug-likeness (QED) is 0.774. The second kappa shape index (κ2) is 5.35. The van der Waals surface area contributed by atoms with Crippen LogP contribution in [0.25, 0.3) is 5.69 Å². The average molecular weight is 250 g/mol. The minimum absolute atomic E-state index is 0.729. The number of imidazole rings is 1. The highest BCUT2D eigenvalue weighted by Gasteiger charge is 2.03. The lowest BCUT2D eigenvalue weighted by Gasteiger charge is -2.09. The lowest BCUT2D eigenvalue weighted by molar-refractivity contribution is 1.00. The van der Waals surface area contributed by atoms with Gasteiger partial charge in [-0.2, -0.15) is 0 Å². The first-order valence-corrected chi connectivity index (χ1v) is 6.15. The van der Waals surface area contributed by atoms with Crippen LogP contribution in [-0.2, 0) is 6.54 Å². The molecule has 0 fully saturated rings. The number of pyridine rings is 1. The Kier molecular flexibility index (Phi) is 3.23. The van der Waals surface area contributed by atoms with Crippen molar-refractivity contribution in [3.63, 3.8) is 0 Å². The van der Waals surface area contributed by atoms with Gasteiger partial charge in [-0.05, 0) is 29.8 Å². The molecule has 0 radical (unpaired) electrons. The highest BCUT2D eigenvalue weighted by atomic mass is 15.2. The zero-order valence-corrected chi connectivity index (χ0v) is 10.4. The molecule has 4 heteroatoms. The number of para-hydroxylation sites is 1. The van der Waals surface area contributed by atoms with Crippen molar-refractivity contribution < 1.29 is 0 Å². The minimum Gasteiger partial charge on any atom is -0.351 e. The van der Waals surface area contributed by atoms with Crippen molar-refractivity contribution in [3.05, 3.63) is 72.8 Å². The maximum atomic E-state index is 4.34. The third kappa shape index (κ3) is 2.63. The Morgan fingerprint density at radius 3 is 2.53 bits per heavy atom. The molecule has 0 atom stereocenters. The predicted octanol–water partition coefficient (Wildman–Crippen LogP) is 2.88. The maximum Gasteiger partial charge on any atom is 0.207 e. The van der Waals surface area contributed by atoms with Gasteiger partial charge in [0.2, 0.25) is 5.95 Å². The number of hydrogen-bond donors (Lipinski definition) is 1. The van der Waals surface area contributed by atoms with Crippen molar-refractivity contribution in [1.29, 1.82) is 0 Å². The van der Waals surface area contributed by atoms with E-state index in [-0.39, 0.29) is 0 Å². The van der Waals surface area contributed by atoms with Crippen LogP contribution < -0.4 is 5.32 Å². The van der Waals surface area contributed by atoms with Crippen LogP contribution in [0.2, 0.25) is 0 Å². The lowest BCUT2D eigenvalue weighted by Crippen LogP contribution is -2.05. The van der Waals surface area contributed by atoms with Crippen molar-refractivity contribution in [2.45, 2.75) is 6.54 Å². The summed E-state index contributed by atoms with van der Waals surface area (Å²) >= 11 is 0. The first-order chi connectivity index (χ1) is 9.43. The summed E-state index contributed by atoms with van der Waals surface area (Å²) in [5.41, 5.74) is 2.27. The fraction of sp³-hybridized carbons (Fsp3) is 0.0667. The van der Waals surface area contributed by atoms with Crippen molar-refractivity contribution >= 4 is 5.95 Å². The Hall–Kier alpha value is -2.62. The zero-order valence-electron chi connectivity index (χ0n) is 10.4. The van der Waals surface area contributed by atoms with Crippen molar-refractivity contribution in [2.75, 3.05) is 5.32 Å². The van der Waals surface area contributed by atoms with Crippen LogP contribution in [0.5, 0.6) is 0 Å². The Bertz CT molecular complexity index is 632. The smallest absolute Gasteiger partial charge is 0.207 e. The van der Waals surface area contributed by atoms with Gasteiger partial charge in [0.1, 0.15) is 0 Å². The Labute approximate surface area is 111 Å². The first kappa shape index (κ1) is 11.5. The fourth-order valence-corrected chi connectivity index (χ4v) is 1.91. The number of hydrogen-bond acceptors (Lipinski definition) is 3. The molecule has 94 valence electrons. The molecular weight excluding hydrogens is 236 g/mol. The second-order valence-electron chi connectivity index (χ2n) is 4.17. The Balaban J connectivity index is 1.78. The molecule has 2 heterocycles. The summed E-state index contributed by atoms with van der Waals surface area (Å²) in [5.74, 6) is 0.836. The number of nitrogens with one attached hydrogen (secondary N) is 1. The van der Waals surface area contributed by atoms with Gasteiger partial charge in [-0.3, -0.25) is 9.55 Å². The molecule has 2 aromatic heterocycles. The van der Waals surface area contributed by atoms with Gasteiger partial charge in [-0.15, -0.1) is 0 Å². The standard InChI is InChI=1S/C15H14N4/c1-2-4-14(5-3-1)19-11-10-17-15(19)18-12-13-6-8-16-9-7-13/h1-11H,12H2,(H,17,18). The summed E-state index contributed by atoms with van der Waals surface area (Å²) < 4.78 is 2.03. The monoisotopic (exact) mass is 250 g/mol. The van der Waals surface area contributed by atoms with Gasteiger partial charge in [0.05, 0.1) is 0 Å². The largest absolute Gasteiger partial charge is 0.351 e. The molecular formula is C15H14N4. The topological polar surface area (TPSA) is 42.7 Å². The van der Waals surface area contributed by atoms with Gasteiger partial charge in [-0.1, -0.05) is 18.2 Å². The Morgan fingerprint density at radius 1 is 0.947 bits per heavy atom. The first-order valence-electron chi connectivity index (χ1n) is 6.15. The molecule has 19 heavy (non-hydrogen) atoms. The summed E-state index contributed by atoms with van der Waals surface area (Å²) in [6, 6.07) is 14.1. The number of benzene rings is 1. The lowest BCUT2D eigenvalue weighted by atomic mass is 10.3. The van der Waals surface area contributed by atoms with E-state index in [1.807, 2.05) is 41.1 Å². The van der Waals surface area contributed by atoms with Gasteiger partial charge in [0.15, 0.2) is 0 Å². The van der Waals surface area contributed by atoms with Crippen molar-refractivity contribution in [2.24, 2.45) is 0 Å². The fourth-order valence-electron chi connectivity index (χ4n) is 1.91.